The molecule has 0 aliphatic carbocycles. The Morgan fingerprint density at radius 1 is 1.10 bits per heavy atom. The van der Waals surface area contributed by atoms with Crippen LogP contribution in [-0.2, 0) is 0 Å². The van der Waals surface area contributed by atoms with Gasteiger partial charge < -0.3 is 5.73 Å². The van der Waals surface area contributed by atoms with E-state index in [9.17, 15) is 8.78 Å². The number of hydrogen-bond acceptors (Lipinski definition) is 3. The highest BCUT2D eigenvalue weighted by molar-refractivity contribution is 5.69. The summed E-state index contributed by atoms with van der Waals surface area (Å²) in [4.78, 5) is 3.96. The quantitative estimate of drug-likeness (QED) is 0.787. The molecule has 0 radical (unpaired) electrons. The van der Waals surface area contributed by atoms with Gasteiger partial charge >= 0.3 is 0 Å². The zero-order chi connectivity index (χ0) is 15.0. The van der Waals surface area contributed by atoms with Crippen molar-refractivity contribution in [1.82, 2.24) is 14.8 Å². The smallest absolute Gasteiger partial charge is 0.141 e. The van der Waals surface area contributed by atoms with Gasteiger partial charge in [-0.2, -0.15) is 5.10 Å². The molecular weight excluding hydrogens is 274 g/mol. The van der Waals surface area contributed by atoms with Gasteiger partial charge in [-0.1, -0.05) is 0 Å². The summed E-state index contributed by atoms with van der Waals surface area (Å²) < 4.78 is 27.6. The van der Waals surface area contributed by atoms with Crippen LogP contribution in [-0.4, -0.2) is 14.8 Å². The molecule has 0 amide bonds. The van der Waals surface area contributed by atoms with Crippen LogP contribution in [0.3, 0.4) is 0 Å². The summed E-state index contributed by atoms with van der Waals surface area (Å²) in [6.45, 7) is 1.78. The first-order valence-corrected chi connectivity index (χ1v) is 6.28. The van der Waals surface area contributed by atoms with E-state index in [0.29, 0.717) is 17.1 Å². The molecule has 0 bridgehead atoms. The second-order valence-electron chi connectivity index (χ2n) is 4.67. The van der Waals surface area contributed by atoms with Crippen LogP contribution >= 0.6 is 0 Å². The summed E-state index contributed by atoms with van der Waals surface area (Å²) in [5.41, 5.74) is 8.74. The fourth-order valence-electron chi connectivity index (χ4n) is 2.10. The molecule has 0 aliphatic rings. The Balaban J connectivity index is 2.07. The maximum atomic E-state index is 13.2. The molecule has 0 atom stereocenters. The number of anilines is 1. The lowest BCUT2D eigenvalue weighted by Gasteiger charge is -2.05. The van der Waals surface area contributed by atoms with E-state index in [2.05, 4.69) is 10.1 Å². The first-order valence-electron chi connectivity index (χ1n) is 6.28. The number of aryl methyl sites for hydroxylation is 1. The fraction of sp³-hybridized carbons (Fsp3) is 0.0667. The van der Waals surface area contributed by atoms with Crippen molar-refractivity contribution in [2.75, 3.05) is 5.73 Å². The van der Waals surface area contributed by atoms with Crippen molar-refractivity contribution in [3.8, 4) is 17.1 Å². The van der Waals surface area contributed by atoms with E-state index in [1.165, 1.54) is 24.3 Å². The van der Waals surface area contributed by atoms with E-state index in [4.69, 9.17) is 5.73 Å². The lowest BCUT2D eigenvalue weighted by Crippen LogP contribution is -1.98. The van der Waals surface area contributed by atoms with Gasteiger partial charge in [-0.05, 0) is 42.8 Å². The van der Waals surface area contributed by atoms with E-state index in [-0.39, 0.29) is 5.82 Å². The zero-order valence-corrected chi connectivity index (χ0v) is 11.2. The molecule has 21 heavy (non-hydrogen) atoms. The first-order chi connectivity index (χ1) is 10.0. The van der Waals surface area contributed by atoms with Crippen molar-refractivity contribution in [2.24, 2.45) is 0 Å². The number of pyridine rings is 1. The van der Waals surface area contributed by atoms with Crippen molar-refractivity contribution in [2.45, 2.75) is 6.92 Å². The van der Waals surface area contributed by atoms with E-state index < -0.39 is 5.82 Å². The average Bonchev–Trinajstić information content (AvgIpc) is 2.81. The Bertz CT molecular complexity index is 794. The van der Waals surface area contributed by atoms with Crippen molar-refractivity contribution in [3.63, 3.8) is 0 Å². The molecule has 0 saturated carbocycles. The van der Waals surface area contributed by atoms with Gasteiger partial charge in [-0.15, -0.1) is 0 Å². The maximum Gasteiger partial charge on any atom is 0.141 e. The van der Waals surface area contributed by atoms with Crippen LogP contribution in [0.5, 0.6) is 0 Å². The topological polar surface area (TPSA) is 56.7 Å². The van der Waals surface area contributed by atoms with Gasteiger partial charge in [0.15, 0.2) is 0 Å². The van der Waals surface area contributed by atoms with E-state index in [1.807, 2.05) is 0 Å². The van der Waals surface area contributed by atoms with Gasteiger partial charge in [-0.3, -0.25) is 4.98 Å². The van der Waals surface area contributed by atoms with Gasteiger partial charge in [0.1, 0.15) is 17.3 Å². The van der Waals surface area contributed by atoms with Crippen LogP contribution in [0.4, 0.5) is 14.5 Å². The predicted molar refractivity (Wildman–Crippen MR) is 75.9 cm³/mol. The molecule has 3 aromatic rings. The third-order valence-electron chi connectivity index (χ3n) is 3.12. The highest BCUT2D eigenvalue weighted by Crippen LogP contribution is 2.25. The number of nitrogens with two attached hydrogens (primary N) is 1. The highest BCUT2D eigenvalue weighted by atomic mass is 19.1. The molecule has 4 nitrogen and oxygen atoms in total. The van der Waals surface area contributed by atoms with Crippen LogP contribution in [0.2, 0.25) is 0 Å². The van der Waals surface area contributed by atoms with Crippen molar-refractivity contribution >= 4 is 5.69 Å². The minimum atomic E-state index is -0.425. The standard InChI is InChI=1S/C15H12F2N4/c1-9-6-10(16)3-5-14(9)21-8-12(18)15(20-21)13-4-2-11(17)7-19-13/h2-8H,18H2,1H3. The third kappa shape index (κ3) is 2.47. The summed E-state index contributed by atoms with van der Waals surface area (Å²) in [5.74, 6) is -0.733. The van der Waals surface area contributed by atoms with E-state index >= 15 is 0 Å². The molecule has 2 N–H and O–H groups in total. The minimum absolute atomic E-state index is 0.309. The molecule has 106 valence electrons. The van der Waals surface area contributed by atoms with Gasteiger partial charge in [-0.25, -0.2) is 13.5 Å². The second-order valence-corrected chi connectivity index (χ2v) is 4.67. The molecule has 6 heteroatoms. The molecule has 0 fully saturated rings. The number of aromatic nitrogens is 3. The molecule has 0 unspecified atom stereocenters. The average molecular weight is 286 g/mol. The zero-order valence-electron chi connectivity index (χ0n) is 11.2. The van der Waals surface area contributed by atoms with Crippen molar-refractivity contribution in [3.05, 3.63) is 59.9 Å². The molecule has 0 spiro atoms. The summed E-state index contributed by atoms with van der Waals surface area (Å²) >= 11 is 0. The van der Waals surface area contributed by atoms with Crippen LogP contribution in [0.15, 0.2) is 42.7 Å². The lowest BCUT2D eigenvalue weighted by molar-refractivity contribution is 0.621. The summed E-state index contributed by atoms with van der Waals surface area (Å²) in [5, 5.41) is 4.35. The van der Waals surface area contributed by atoms with Crippen molar-refractivity contribution in [1.29, 1.82) is 0 Å². The molecule has 2 heterocycles. The first kappa shape index (κ1) is 13.2. The SMILES string of the molecule is Cc1cc(F)ccc1-n1cc(N)c(-c2ccc(F)cn2)n1. The Morgan fingerprint density at radius 2 is 1.86 bits per heavy atom. The third-order valence-corrected chi connectivity index (χ3v) is 3.12. The number of hydrogen-bond donors (Lipinski definition) is 1. The minimum Gasteiger partial charge on any atom is -0.396 e. The monoisotopic (exact) mass is 286 g/mol. The fourth-order valence-corrected chi connectivity index (χ4v) is 2.10. The number of rotatable bonds is 2. The maximum absolute atomic E-state index is 13.2. The Hall–Kier alpha value is -2.76. The molecule has 0 saturated heterocycles. The van der Waals surface area contributed by atoms with E-state index in [1.54, 1.807) is 23.9 Å². The van der Waals surface area contributed by atoms with Gasteiger partial charge in [0.2, 0.25) is 0 Å². The number of benzene rings is 1. The molecule has 1 aromatic carbocycles. The highest BCUT2D eigenvalue weighted by Gasteiger charge is 2.12. The van der Waals surface area contributed by atoms with Gasteiger partial charge in [0.05, 0.1) is 29.5 Å². The summed E-state index contributed by atoms with van der Waals surface area (Å²) in [6.07, 6.45) is 2.73. The Kier molecular flexibility index (Phi) is 3.13. The predicted octanol–water partition coefficient (Wildman–Crippen LogP) is 3.10. The van der Waals surface area contributed by atoms with Gasteiger partial charge in [0, 0.05) is 0 Å². The van der Waals surface area contributed by atoms with Crippen LogP contribution in [0.25, 0.3) is 17.1 Å². The molecule has 2 aromatic heterocycles. The summed E-state index contributed by atoms with van der Waals surface area (Å²) in [6, 6.07) is 7.21. The van der Waals surface area contributed by atoms with Crippen molar-refractivity contribution < 1.29 is 8.78 Å². The number of nitrogen functional groups attached to an aromatic ring is 1. The number of nitrogens with zero attached hydrogens (tertiary/aromatic N) is 3. The largest absolute Gasteiger partial charge is 0.396 e. The lowest BCUT2D eigenvalue weighted by atomic mass is 10.2. The normalized spacial score (nSPS) is 10.8. The van der Waals surface area contributed by atoms with Gasteiger partial charge in [0.25, 0.3) is 0 Å². The summed E-state index contributed by atoms with van der Waals surface area (Å²) in [7, 11) is 0. The van der Waals surface area contributed by atoms with Crippen LogP contribution < -0.4 is 5.73 Å². The molecule has 3 rings (SSSR count). The van der Waals surface area contributed by atoms with Crippen LogP contribution in [0.1, 0.15) is 5.56 Å². The number of halogens is 2. The Labute approximate surface area is 119 Å². The van der Waals surface area contributed by atoms with Crippen LogP contribution in [0, 0.1) is 18.6 Å². The molecular formula is C15H12F2N4. The molecule has 0 aliphatic heterocycles. The van der Waals surface area contributed by atoms with E-state index in [0.717, 1.165) is 17.4 Å². The Morgan fingerprint density at radius 3 is 2.52 bits per heavy atom. The second kappa shape index (κ2) is 4.97.